The van der Waals surface area contributed by atoms with Crippen LogP contribution >= 0.6 is 0 Å². The van der Waals surface area contributed by atoms with Crippen molar-refractivity contribution in [2.75, 3.05) is 25.2 Å². The van der Waals surface area contributed by atoms with Gasteiger partial charge >= 0.3 is 0 Å². The Morgan fingerprint density at radius 1 is 1.07 bits per heavy atom. The van der Waals surface area contributed by atoms with Crippen molar-refractivity contribution in [3.05, 3.63) is 59.9 Å². The number of carbonyl (C=O) groups excluding carboxylic acids is 1. The molecule has 0 saturated carbocycles. The highest BCUT2D eigenvalue weighted by Crippen LogP contribution is 2.31. The quantitative estimate of drug-likeness (QED) is 0.401. The van der Waals surface area contributed by atoms with Crippen LogP contribution < -0.4 is 4.90 Å². The molecule has 0 saturated heterocycles. The van der Waals surface area contributed by atoms with Crippen molar-refractivity contribution in [2.45, 2.75) is 32.9 Å². The number of oxime groups is 1. The molecule has 4 rings (SSSR count). The number of anilines is 1. The normalized spacial score (nSPS) is 14.7. The monoisotopic (exact) mass is 406 g/mol. The number of amides is 1. The molecule has 2 heterocycles. The first kappa shape index (κ1) is 20.1. The first-order chi connectivity index (χ1) is 14.7. The molecule has 156 valence electrons. The second-order valence-electron chi connectivity index (χ2n) is 7.20. The van der Waals surface area contributed by atoms with Crippen LogP contribution in [-0.4, -0.2) is 41.5 Å². The molecule has 7 heteroatoms. The van der Waals surface area contributed by atoms with Crippen molar-refractivity contribution in [1.29, 1.82) is 0 Å². The molecule has 0 unspecified atom stereocenters. The summed E-state index contributed by atoms with van der Waals surface area (Å²) >= 11 is 0. The largest absolute Gasteiger partial charge is 0.395 e. The molecular formula is C23H26N4O3. The fraction of sp³-hybridized carbons (Fsp3) is 0.348. The number of nitrogens with zero attached hydrogens (tertiary/aromatic N) is 4. The summed E-state index contributed by atoms with van der Waals surface area (Å²) in [5, 5.41) is 4.13. The maximum absolute atomic E-state index is 13.2. The highest BCUT2D eigenvalue weighted by Gasteiger charge is 2.35. The summed E-state index contributed by atoms with van der Waals surface area (Å²) in [6.45, 7) is 4.29. The molecule has 7 nitrogen and oxygen atoms in total. The third kappa shape index (κ3) is 3.80. The third-order valence-electron chi connectivity index (χ3n) is 5.11. The summed E-state index contributed by atoms with van der Waals surface area (Å²) < 4.78 is 7.40. The average molecular weight is 406 g/mol. The van der Waals surface area contributed by atoms with E-state index in [1.807, 2.05) is 49.4 Å². The van der Waals surface area contributed by atoms with Crippen molar-refractivity contribution < 1.29 is 14.4 Å². The molecule has 30 heavy (non-hydrogen) atoms. The summed E-state index contributed by atoms with van der Waals surface area (Å²) in [6.07, 6.45) is 1.70. The van der Waals surface area contributed by atoms with Crippen molar-refractivity contribution in [1.82, 2.24) is 9.55 Å². The van der Waals surface area contributed by atoms with E-state index in [1.54, 1.807) is 12.0 Å². The van der Waals surface area contributed by atoms with Crippen LogP contribution in [0.5, 0.6) is 0 Å². The number of hydrogen-bond acceptors (Lipinski definition) is 5. The van der Waals surface area contributed by atoms with E-state index in [-0.39, 0.29) is 5.91 Å². The fourth-order valence-electron chi connectivity index (χ4n) is 3.71. The fourth-order valence-corrected chi connectivity index (χ4v) is 3.71. The van der Waals surface area contributed by atoms with Gasteiger partial charge in [0.15, 0.2) is 5.71 Å². The number of hydrogen-bond donors (Lipinski definition) is 0. The first-order valence-electron chi connectivity index (χ1n) is 10.3. The molecule has 0 radical (unpaired) electrons. The summed E-state index contributed by atoms with van der Waals surface area (Å²) in [6, 6.07) is 15.7. The number of ether oxygens (including phenoxy) is 1. The van der Waals surface area contributed by atoms with Crippen LogP contribution in [0.25, 0.3) is 11.0 Å². The summed E-state index contributed by atoms with van der Waals surface area (Å²) in [4.78, 5) is 25.1. The minimum atomic E-state index is -0.164. The van der Waals surface area contributed by atoms with E-state index < -0.39 is 0 Å². The highest BCUT2D eigenvalue weighted by molar-refractivity contribution is 6.54. The number of aryl methyl sites for hydroxylation is 1. The van der Waals surface area contributed by atoms with Gasteiger partial charge in [-0.3, -0.25) is 9.69 Å². The highest BCUT2D eigenvalue weighted by atomic mass is 16.6. The summed E-state index contributed by atoms with van der Waals surface area (Å²) in [7, 11) is 1.70. The Kier molecular flexibility index (Phi) is 6.09. The second-order valence-corrected chi connectivity index (χ2v) is 7.20. The summed E-state index contributed by atoms with van der Waals surface area (Å²) in [5.74, 6) is 0.675. The zero-order valence-corrected chi connectivity index (χ0v) is 17.4. The van der Waals surface area contributed by atoms with Gasteiger partial charge in [-0.15, -0.1) is 0 Å². The predicted molar refractivity (Wildman–Crippen MR) is 117 cm³/mol. The minimum absolute atomic E-state index is 0.164. The molecule has 0 atom stereocenters. The maximum Gasteiger partial charge on any atom is 0.281 e. The van der Waals surface area contributed by atoms with E-state index >= 15 is 0 Å². The SMILES string of the molecule is CCCO/N=C1/C(=O)N(Cc2nc3ccccc3n2CCCOC)c2ccccc21. The van der Waals surface area contributed by atoms with Gasteiger partial charge in [0.05, 0.1) is 23.3 Å². The van der Waals surface area contributed by atoms with Gasteiger partial charge in [0.1, 0.15) is 12.4 Å². The van der Waals surface area contributed by atoms with Crippen LogP contribution in [0.1, 0.15) is 31.2 Å². The molecule has 0 spiro atoms. The molecule has 1 aromatic heterocycles. The Morgan fingerprint density at radius 2 is 1.87 bits per heavy atom. The minimum Gasteiger partial charge on any atom is -0.395 e. The lowest BCUT2D eigenvalue weighted by Crippen LogP contribution is -2.31. The lowest BCUT2D eigenvalue weighted by molar-refractivity contribution is -0.112. The zero-order valence-electron chi connectivity index (χ0n) is 17.4. The number of methoxy groups -OCH3 is 1. The molecule has 0 fully saturated rings. The number of para-hydroxylation sites is 3. The van der Waals surface area contributed by atoms with E-state index in [0.29, 0.717) is 25.5 Å². The van der Waals surface area contributed by atoms with E-state index in [9.17, 15) is 4.79 Å². The molecule has 1 aliphatic rings. The van der Waals surface area contributed by atoms with Crippen molar-refractivity contribution in [3.8, 4) is 0 Å². The van der Waals surface area contributed by atoms with Gasteiger partial charge in [-0.25, -0.2) is 4.98 Å². The molecule has 0 N–H and O–H groups in total. The van der Waals surface area contributed by atoms with E-state index in [1.165, 1.54) is 0 Å². The number of fused-ring (bicyclic) bond motifs is 2. The van der Waals surface area contributed by atoms with E-state index in [0.717, 1.165) is 47.5 Å². The van der Waals surface area contributed by atoms with Gasteiger partial charge in [-0.05, 0) is 31.0 Å². The van der Waals surface area contributed by atoms with E-state index in [4.69, 9.17) is 14.6 Å². The number of benzene rings is 2. The second kappa shape index (κ2) is 9.09. The van der Waals surface area contributed by atoms with Crippen molar-refractivity contribution >= 4 is 28.3 Å². The summed E-state index contributed by atoms with van der Waals surface area (Å²) in [5.41, 5.74) is 3.95. The smallest absolute Gasteiger partial charge is 0.281 e. The zero-order chi connectivity index (χ0) is 20.9. The molecule has 0 bridgehead atoms. The Balaban J connectivity index is 1.68. The van der Waals surface area contributed by atoms with Crippen LogP contribution in [0.3, 0.4) is 0 Å². The number of imidazole rings is 1. The molecule has 0 aliphatic carbocycles. The molecule has 1 amide bonds. The molecular weight excluding hydrogens is 380 g/mol. The maximum atomic E-state index is 13.2. The van der Waals surface area contributed by atoms with Gasteiger partial charge in [0.25, 0.3) is 5.91 Å². The molecule has 3 aromatic rings. The van der Waals surface area contributed by atoms with Crippen LogP contribution in [-0.2, 0) is 27.5 Å². The van der Waals surface area contributed by atoms with Crippen LogP contribution in [0.2, 0.25) is 0 Å². The van der Waals surface area contributed by atoms with Crippen LogP contribution in [0, 0.1) is 0 Å². The van der Waals surface area contributed by atoms with Gasteiger partial charge in [-0.2, -0.15) is 0 Å². The van der Waals surface area contributed by atoms with Gasteiger partial charge in [0.2, 0.25) is 0 Å². The Bertz CT molecular complexity index is 1070. The molecule has 2 aromatic carbocycles. The van der Waals surface area contributed by atoms with Crippen LogP contribution in [0.4, 0.5) is 5.69 Å². The Morgan fingerprint density at radius 3 is 2.70 bits per heavy atom. The van der Waals surface area contributed by atoms with Crippen molar-refractivity contribution in [2.24, 2.45) is 5.16 Å². The number of aromatic nitrogens is 2. The van der Waals surface area contributed by atoms with Gasteiger partial charge < -0.3 is 14.1 Å². The Hall–Kier alpha value is -3.19. The van der Waals surface area contributed by atoms with Gasteiger partial charge in [-0.1, -0.05) is 42.4 Å². The number of rotatable bonds is 9. The van der Waals surface area contributed by atoms with Crippen LogP contribution in [0.15, 0.2) is 53.7 Å². The Labute approximate surface area is 175 Å². The van der Waals surface area contributed by atoms with Gasteiger partial charge in [0, 0.05) is 25.8 Å². The standard InChI is InChI=1S/C23H26N4O3/c1-3-14-30-25-22-17-9-4-6-11-19(17)27(23(22)28)16-21-24-18-10-5-7-12-20(18)26(21)13-8-15-29-2/h4-7,9-12H,3,8,13-16H2,1-2H3/b25-22+. The average Bonchev–Trinajstić information content (AvgIpc) is 3.25. The topological polar surface area (TPSA) is 69.0 Å². The third-order valence-corrected chi connectivity index (χ3v) is 5.11. The predicted octanol–water partition coefficient (Wildman–Crippen LogP) is 3.75. The lowest BCUT2D eigenvalue weighted by Gasteiger charge is -2.17. The van der Waals surface area contributed by atoms with E-state index in [2.05, 4.69) is 15.8 Å². The number of carbonyl (C=O) groups is 1. The van der Waals surface area contributed by atoms with Crippen molar-refractivity contribution in [3.63, 3.8) is 0 Å². The first-order valence-corrected chi connectivity index (χ1v) is 10.3. The molecule has 1 aliphatic heterocycles. The lowest BCUT2D eigenvalue weighted by atomic mass is 10.1.